The van der Waals surface area contributed by atoms with Crippen molar-refractivity contribution in [3.63, 3.8) is 0 Å². The molecule has 7 heteroatoms. The van der Waals surface area contributed by atoms with Crippen LogP contribution in [-0.2, 0) is 10.0 Å². The first-order valence-corrected chi connectivity index (χ1v) is 9.86. The van der Waals surface area contributed by atoms with E-state index in [2.05, 4.69) is 0 Å². The molecule has 1 aliphatic rings. The molecule has 0 atom stereocenters. The fourth-order valence-electron chi connectivity index (χ4n) is 3.27. The predicted molar refractivity (Wildman–Crippen MR) is 103 cm³/mol. The molecule has 1 fully saturated rings. The van der Waals surface area contributed by atoms with Gasteiger partial charge in [0, 0.05) is 23.9 Å². The summed E-state index contributed by atoms with van der Waals surface area (Å²) < 4.78 is 33.5. The maximum Gasteiger partial charge on any atom is 0.243 e. The van der Waals surface area contributed by atoms with Gasteiger partial charge in [-0.1, -0.05) is 24.3 Å². The predicted octanol–water partition coefficient (Wildman–Crippen LogP) is 3.02. The normalized spacial score (nSPS) is 16.6. The number of nitrogens with zero attached hydrogens (tertiary/aromatic N) is 1. The zero-order valence-corrected chi connectivity index (χ0v) is 16.0. The summed E-state index contributed by atoms with van der Waals surface area (Å²) in [6.45, 7) is 4.15. The number of ether oxygens (including phenoxy) is 1. The molecule has 3 rings (SSSR count). The van der Waals surface area contributed by atoms with Crippen LogP contribution >= 0.6 is 12.4 Å². The standard InChI is InChI=1S/C18H24N2O3S.ClH/c1-2-23-17-7-8-18(16-6-4-3-5-15(16)17)24(21,22)20-11-9-14(13-19)10-12-20;/h3-8,14H,2,9-13,19H2,1H3;1H. The number of rotatable bonds is 5. The van der Waals surface area contributed by atoms with Crippen LogP contribution in [0.15, 0.2) is 41.3 Å². The maximum absolute atomic E-state index is 13.1. The highest BCUT2D eigenvalue weighted by molar-refractivity contribution is 7.89. The van der Waals surface area contributed by atoms with Crippen LogP contribution in [0.5, 0.6) is 5.75 Å². The van der Waals surface area contributed by atoms with Crippen molar-refractivity contribution in [2.45, 2.75) is 24.7 Å². The summed E-state index contributed by atoms with van der Waals surface area (Å²) in [5, 5.41) is 1.54. The number of hydrogen-bond acceptors (Lipinski definition) is 4. The molecule has 1 heterocycles. The molecule has 25 heavy (non-hydrogen) atoms. The van der Waals surface area contributed by atoms with Gasteiger partial charge in [-0.2, -0.15) is 4.31 Å². The van der Waals surface area contributed by atoms with Crippen LogP contribution < -0.4 is 10.5 Å². The minimum absolute atomic E-state index is 0. The smallest absolute Gasteiger partial charge is 0.243 e. The number of fused-ring (bicyclic) bond motifs is 1. The topological polar surface area (TPSA) is 72.6 Å². The van der Waals surface area contributed by atoms with Crippen molar-refractivity contribution in [3.05, 3.63) is 36.4 Å². The third kappa shape index (κ3) is 3.92. The van der Waals surface area contributed by atoms with E-state index in [4.69, 9.17) is 10.5 Å². The van der Waals surface area contributed by atoms with Crippen LogP contribution in [0.3, 0.4) is 0 Å². The van der Waals surface area contributed by atoms with Crippen molar-refractivity contribution in [2.24, 2.45) is 11.7 Å². The quantitative estimate of drug-likeness (QED) is 0.859. The lowest BCUT2D eigenvalue weighted by atomic mass is 9.99. The van der Waals surface area contributed by atoms with Gasteiger partial charge in [-0.05, 0) is 44.4 Å². The van der Waals surface area contributed by atoms with E-state index in [0.717, 1.165) is 18.2 Å². The highest BCUT2D eigenvalue weighted by Gasteiger charge is 2.30. The van der Waals surface area contributed by atoms with Crippen molar-refractivity contribution in [2.75, 3.05) is 26.2 Å². The summed E-state index contributed by atoms with van der Waals surface area (Å²) in [6.07, 6.45) is 1.65. The van der Waals surface area contributed by atoms with Gasteiger partial charge in [0.2, 0.25) is 10.0 Å². The summed E-state index contributed by atoms with van der Waals surface area (Å²) in [5.41, 5.74) is 5.71. The van der Waals surface area contributed by atoms with Crippen LogP contribution in [0.1, 0.15) is 19.8 Å². The first kappa shape index (κ1) is 20.0. The number of nitrogens with two attached hydrogens (primary N) is 1. The lowest BCUT2D eigenvalue weighted by molar-refractivity contribution is 0.278. The molecule has 0 spiro atoms. The molecule has 5 nitrogen and oxygen atoms in total. The summed E-state index contributed by atoms with van der Waals surface area (Å²) in [4.78, 5) is 0.354. The van der Waals surface area contributed by atoms with Crippen LogP contribution in [0.4, 0.5) is 0 Å². The molecule has 2 aromatic rings. The van der Waals surface area contributed by atoms with Crippen molar-refractivity contribution in [1.82, 2.24) is 4.31 Å². The van der Waals surface area contributed by atoms with E-state index in [0.29, 0.717) is 48.2 Å². The Labute approximate surface area is 155 Å². The fraction of sp³-hybridized carbons (Fsp3) is 0.444. The molecule has 1 aliphatic heterocycles. The molecule has 138 valence electrons. The van der Waals surface area contributed by atoms with E-state index in [1.165, 1.54) is 0 Å². The molecule has 2 aromatic carbocycles. The van der Waals surface area contributed by atoms with E-state index in [1.54, 1.807) is 16.4 Å². The average molecular weight is 385 g/mol. The molecule has 0 radical (unpaired) electrons. The molecule has 0 bridgehead atoms. The van der Waals surface area contributed by atoms with Gasteiger partial charge in [-0.25, -0.2) is 8.42 Å². The van der Waals surface area contributed by atoms with E-state index >= 15 is 0 Å². The third-order valence-electron chi connectivity index (χ3n) is 4.67. The Morgan fingerprint density at radius 3 is 2.36 bits per heavy atom. The van der Waals surface area contributed by atoms with E-state index < -0.39 is 10.0 Å². The first-order valence-electron chi connectivity index (χ1n) is 8.42. The van der Waals surface area contributed by atoms with Crippen LogP contribution in [0.25, 0.3) is 10.8 Å². The van der Waals surface area contributed by atoms with E-state index in [9.17, 15) is 8.42 Å². The van der Waals surface area contributed by atoms with Crippen LogP contribution in [-0.4, -0.2) is 39.0 Å². The Balaban J connectivity index is 0.00000225. The van der Waals surface area contributed by atoms with Gasteiger partial charge in [-0.3, -0.25) is 0 Å². The van der Waals surface area contributed by atoms with Crippen molar-refractivity contribution in [3.8, 4) is 5.75 Å². The second-order valence-electron chi connectivity index (χ2n) is 6.12. The molecule has 1 saturated heterocycles. The van der Waals surface area contributed by atoms with Gasteiger partial charge in [0.25, 0.3) is 0 Å². The lowest BCUT2D eigenvalue weighted by Gasteiger charge is -2.31. The van der Waals surface area contributed by atoms with Gasteiger partial charge in [-0.15, -0.1) is 12.4 Å². The largest absolute Gasteiger partial charge is 0.493 e. The number of sulfonamides is 1. The number of hydrogen-bond donors (Lipinski definition) is 1. The summed E-state index contributed by atoms with van der Waals surface area (Å²) >= 11 is 0. The number of benzene rings is 2. The molecule has 0 unspecified atom stereocenters. The van der Waals surface area contributed by atoms with Crippen LogP contribution in [0, 0.1) is 5.92 Å². The highest BCUT2D eigenvalue weighted by Crippen LogP contribution is 2.33. The van der Waals surface area contributed by atoms with Crippen molar-refractivity contribution >= 4 is 33.2 Å². The van der Waals surface area contributed by atoms with Gasteiger partial charge in [0.15, 0.2) is 0 Å². The fourth-order valence-corrected chi connectivity index (χ4v) is 4.94. The first-order chi connectivity index (χ1) is 11.6. The summed E-state index contributed by atoms with van der Waals surface area (Å²) in [6, 6.07) is 10.9. The lowest BCUT2D eigenvalue weighted by Crippen LogP contribution is -2.40. The molecule has 0 aliphatic carbocycles. The average Bonchev–Trinajstić information content (AvgIpc) is 2.62. The second-order valence-corrected chi connectivity index (χ2v) is 8.03. The molecule has 0 amide bonds. The molecule has 0 saturated carbocycles. The third-order valence-corrected chi connectivity index (χ3v) is 6.63. The Kier molecular flexibility index (Phi) is 6.68. The van der Waals surface area contributed by atoms with Crippen LogP contribution in [0.2, 0.25) is 0 Å². The monoisotopic (exact) mass is 384 g/mol. The number of piperidine rings is 1. The minimum Gasteiger partial charge on any atom is -0.493 e. The zero-order valence-electron chi connectivity index (χ0n) is 14.3. The summed E-state index contributed by atoms with van der Waals surface area (Å²) in [5.74, 6) is 1.14. The summed E-state index contributed by atoms with van der Waals surface area (Å²) in [7, 11) is -3.52. The van der Waals surface area contributed by atoms with Gasteiger partial charge >= 0.3 is 0 Å². The van der Waals surface area contributed by atoms with E-state index in [-0.39, 0.29) is 12.4 Å². The number of halogens is 1. The Morgan fingerprint density at radius 1 is 1.12 bits per heavy atom. The molecule has 0 aromatic heterocycles. The van der Waals surface area contributed by atoms with E-state index in [1.807, 2.05) is 31.2 Å². The molecular formula is C18H25ClN2O3S. The Hall–Kier alpha value is -1.34. The minimum atomic E-state index is -3.52. The van der Waals surface area contributed by atoms with Gasteiger partial charge < -0.3 is 10.5 Å². The van der Waals surface area contributed by atoms with Gasteiger partial charge in [0.05, 0.1) is 11.5 Å². The second kappa shape index (κ2) is 8.36. The zero-order chi connectivity index (χ0) is 17.2. The van der Waals surface area contributed by atoms with Crippen molar-refractivity contribution < 1.29 is 13.2 Å². The van der Waals surface area contributed by atoms with Gasteiger partial charge in [0.1, 0.15) is 5.75 Å². The highest BCUT2D eigenvalue weighted by atomic mass is 35.5. The Morgan fingerprint density at radius 2 is 1.76 bits per heavy atom. The maximum atomic E-state index is 13.1. The SMILES string of the molecule is CCOc1ccc(S(=O)(=O)N2CCC(CN)CC2)c2ccccc12.Cl. The molecule has 2 N–H and O–H groups in total. The Bertz CT molecular complexity index is 818. The molecular weight excluding hydrogens is 360 g/mol. The van der Waals surface area contributed by atoms with Crippen molar-refractivity contribution in [1.29, 1.82) is 0 Å².